The van der Waals surface area contributed by atoms with Crippen LogP contribution in [0.1, 0.15) is 56.1 Å². The molecule has 3 N–H and O–H groups in total. The van der Waals surface area contributed by atoms with E-state index in [0.29, 0.717) is 25.3 Å². The molecule has 0 saturated heterocycles. The van der Waals surface area contributed by atoms with Crippen LogP contribution in [0, 0.1) is 11.8 Å². The van der Waals surface area contributed by atoms with Crippen LogP contribution in [0.25, 0.3) is 11.1 Å². The number of carboxylic acid groups (broad SMARTS) is 1. The van der Waals surface area contributed by atoms with Gasteiger partial charge in [-0.2, -0.15) is 0 Å². The summed E-state index contributed by atoms with van der Waals surface area (Å²) < 4.78 is 5.60. The smallest absolute Gasteiger partial charge is 0.407 e. The minimum Gasteiger partial charge on any atom is -0.480 e. The molecule has 180 valence electrons. The van der Waals surface area contributed by atoms with E-state index in [-0.39, 0.29) is 24.3 Å². The first-order chi connectivity index (χ1) is 16.5. The summed E-state index contributed by atoms with van der Waals surface area (Å²) in [5, 5.41) is 14.6. The highest BCUT2D eigenvalue weighted by molar-refractivity contribution is 5.83. The molecule has 1 saturated carbocycles. The molecule has 0 radical (unpaired) electrons. The minimum absolute atomic E-state index is 0.0327. The molecule has 0 heterocycles. The Morgan fingerprint density at radius 3 is 2.24 bits per heavy atom. The summed E-state index contributed by atoms with van der Waals surface area (Å²) in [6.07, 6.45) is 2.92. The summed E-state index contributed by atoms with van der Waals surface area (Å²) in [4.78, 5) is 35.7. The van der Waals surface area contributed by atoms with Gasteiger partial charge in [0.1, 0.15) is 12.6 Å². The van der Waals surface area contributed by atoms with E-state index in [9.17, 15) is 14.4 Å². The van der Waals surface area contributed by atoms with Crippen LogP contribution in [0.4, 0.5) is 4.79 Å². The number of benzene rings is 2. The zero-order valence-corrected chi connectivity index (χ0v) is 19.5. The summed E-state index contributed by atoms with van der Waals surface area (Å²) in [6, 6.07) is 15.6. The van der Waals surface area contributed by atoms with Crippen LogP contribution in [-0.2, 0) is 14.3 Å². The number of aliphatic carboxylic acids is 1. The first-order valence-corrected chi connectivity index (χ1v) is 12.1. The molecule has 0 spiro atoms. The summed E-state index contributed by atoms with van der Waals surface area (Å²) >= 11 is 0. The molecule has 7 heteroatoms. The molecule has 7 nitrogen and oxygen atoms in total. The fraction of sp³-hybridized carbons (Fsp3) is 0.444. The van der Waals surface area contributed by atoms with Gasteiger partial charge in [-0.15, -0.1) is 0 Å². The van der Waals surface area contributed by atoms with Crippen molar-refractivity contribution in [3.05, 3.63) is 59.7 Å². The van der Waals surface area contributed by atoms with Crippen LogP contribution in [-0.4, -0.2) is 42.3 Å². The van der Waals surface area contributed by atoms with Crippen molar-refractivity contribution in [2.45, 2.75) is 51.0 Å². The number of ether oxygens (including phenoxy) is 1. The standard InChI is InChI=1S/C27H32N2O5/c1-2-24(26(31)32)29-25(30)14-17-11-12-18(13-17)15-28-27(33)34-16-23-21-9-5-3-7-19(21)20-8-4-6-10-22(20)23/h3-10,17-18,23-24H,2,11-16H2,1H3,(H,28,33)(H,29,30)(H,31,32)/t17?,18?,24-/m1/s1. The van der Waals surface area contributed by atoms with Crippen molar-refractivity contribution in [3.8, 4) is 11.1 Å². The molecule has 0 bridgehead atoms. The maximum absolute atomic E-state index is 12.4. The van der Waals surface area contributed by atoms with Crippen molar-refractivity contribution >= 4 is 18.0 Å². The number of rotatable bonds is 9. The molecular formula is C27H32N2O5. The topological polar surface area (TPSA) is 105 Å². The highest BCUT2D eigenvalue weighted by atomic mass is 16.5. The number of carbonyl (C=O) groups excluding carboxylic acids is 2. The van der Waals surface area contributed by atoms with Gasteiger partial charge in [0.15, 0.2) is 0 Å². The maximum Gasteiger partial charge on any atom is 0.407 e. The number of carboxylic acids is 1. The summed E-state index contributed by atoms with van der Waals surface area (Å²) in [5.74, 6) is -0.692. The van der Waals surface area contributed by atoms with E-state index in [1.807, 2.05) is 24.3 Å². The van der Waals surface area contributed by atoms with Crippen LogP contribution >= 0.6 is 0 Å². The van der Waals surface area contributed by atoms with Crippen molar-refractivity contribution < 1.29 is 24.2 Å². The van der Waals surface area contributed by atoms with Crippen molar-refractivity contribution in [2.24, 2.45) is 11.8 Å². The number of hydrogen-bond donors (Lipinski definition) is 3. The predicted molar refractivity (Wildman–Crippen MR) is 128 cm³/mol. The average molecular weight is 465 g/mol. The minimum atomic E-state index is -1.01. The third-order valence-corrected chi connectivity index (χ3v) is 7.04. The highest BCUT2D eigenvalue weighted by Crippen LogP contribution is 2.44. The SMILES string of the molecule is CC[C@@H](NC(=O)CC1CCC(CNC(=O)OCC2c3ccccc3-c3ccccc32)C1)C(=O)O. The van der Waals surface area contributed by atoms with Gasteiger partial charge in [-0.05, 0) is 59.8 Å². The molecule has 34 heavy (non-hydrogen) atoms. The van der Waals surface area contributed by atoms with E-state index in [0.717, 1.165) is 19.3 Å². The monoisotopic (exact) mass is 464 g/mol. The summed E-state index contributed by atoms with van der Waals surface area (Å²) in [7, 11) is 0. The fourth-order valence-corrected chi connectivity index (χ4v) is 5.28. The molecule has 3 atom stereocenters. The lowest BCUT2D eigenvalue weighted by molar-refractivity contribution is -0.142. The Hall–Kier alpha value is -3.35. The van der Waals surface area contributed by atoms with Gasteiger partial charge in [0.05, 0.1) is 0 Å². The average Bonchev–Trinajstić information content (AvgIpc) is 3.41. The van der Waals surface area contributed by atoms with Gasteiger partial charge < -0.3 is 20.5 Å². The molecule has 0 aromatic heterocycles. The van der Waals surface area contributed by atoms with E-state index < -0.39 is 18.1 Å². The second-order valence-electron chi connectivity index (χ2n) is 9.32. The number of hydrogen-bond acceptors (Lipinski definition) is 4. The van der Waals surface area contributed by atoms with E-state index >= 15 is 0 Å². The third kappa shape index (κ3) is 5.41. The van der Waals surface area contributed by atoms with Gasteiger partial charge in [0, 0.05) is 18.9 Å². The molecule has 2 aliphatic rings. The van der Waals surface area contributed by atoms with E-state index in [4.69, 9.17) is 9.84 Å². The fourth-order valence-electron chi connectivity index (χ4n) is 5.28. The number of nitrogens with one attached hydrogen (secondary N) is 2. The Balaban J connectivity index is 1.21. The number of amides is 2. The number of alkyl carbamates (subject to hydrolysis) is 1. The van der Waals surface area contributed by atoms with Gasteiger partial charge in [-0.25, -0.2) is 9.59 Å². The molecule has 1 fully saturated rings. The Labute approximate surface area is 199 Å². The number of fused-ring (bicyclic) bond motifs is 3. The third-order valence-electron chi connectivity index (χ3n) is 7.04. The molecule has 2 unspecified atom stereocenters. The van der Waals surface area contributed by atoms with Crippen molar-refractivity contribution in [1.29, 1.82) is 0 Å². The normalized spacial score (nSPS) is 19.7. The van der Waals surface area contributed by atoms with Crippen molar-refractivity contribution in [3.63, 3.8) is 0 Å². The maximum atomic E-state index is 12.4. The first kappa shape index (κ1) is 23.8. The molecular weight excluding hydrogens is 432 g/mol. The first-order valence-electron chi connectivity index (χ1n) is 12.1. The molecule has 0 aliphatic heterocycles. The second kappa shape index (κ2) is 10.7. The van der Waals surface area contributed by atoms with Crippen molar-refractivity contribution in [1.82, 2.24) is 10.6 Å². The van der Waals surface area contributed by atoms with Gasteiger partial charge in [-0.1, -0.05) is 55.5 Å². The second-order valence-corrected chi connectivity index (χ2v) is 9.32. The van der Waals surface area contributed by atoms with Crippen LogP contribution in [0.5, 0.6) is 0 Å². The van der Waals surface area contributed by atoms with E-state index in [2.05, 4.69) is 34.9 Å². The molecule has 2 aromatic carbocycles. The predicted octanol–water partition coefficient (Wildman–Crippen LogP) is 4.31. The quantitative estimate of drug-likeness (QED) is 0.513. The lowest BCUT2D eigenvalue weighted by Crippen LogP contribution is -2.40. The van der Waals surface area contributed by atoms with Crippen LogP contribution < -0.4 is 10.6 Å². The molecule has 2 aliphatic carbocycles. The van der Waals surface area contributed by atoms with Gasteiger partial charge >= 0.3 is 12.1 Å². The zero-order chi connectivity index (χ0) is 24.1. The Morgan fingerprint density at radius 1 is 1.00 bits per heavy atom. The van der Waals surface area contributed by atoms with Crippen LogP contribution in [0.2, 0.25) is 0 Å². The van der Waals surface area contributed by atoms with Gasteiger partial charge in [0.25, 0.3) is 0 Å². The Kier molecular flexibility index (Phi) is 7.50. The highest BCUT2D eigenvalue weighted by Gasteiger charge is 2.30. The summed E-state index contributed by atoms with van der Waals surface area (Å²) in [6.45, 7) is 2.54. The molecule has 2 amide bonds. The lowest BCUT2D eigenvalue weighted by atomic mass is 9.98. The largest absolute Gasteiger partial charge is 0.480 e. The van der Waals surface area contributed by atoms with Crippen LogP contribution in [0.15, 0.2) is 48.5 Å². The number of carbonyl (C=O) groups is 3. The van der Waals surface area contributed by atoms with E-state index in [1.54, 1.807) is 6.92 Å². The molecule has 4 rings (SSSR count). The van der Waals surface area contributed by atoms with Crippen LogP contribution in [0.3, 0.4) is 0 Å². The van der Waals surface area contributed by atoms with Gasteiger partial charge in [-0.3, -0.25) is 4.79 Å². The van der Waals surface area contributed by atoms with Gasteiger partial charge in [0.2, 0.25) is 5.91 Å². The zero-order valence-electron chi connectivity index (χ0n) is 19.5. The Bertz CT molecular complexity index is 1010. The Morgan fingerprint density at radius 2 is 1.62 bits per heavy atom. The van der Waals surface area contributed by atoms with Crippen molar-refractivity contribution in [2.75, 3.05) is 13.2 Å². The van der Waals surface area contributed by atoms with E-state index in [1.165, 1.54) is 22.3 Å². The molecule has 2 aromatic rings. The summed E-state index contributed by atoms with van der Waals surface area (Å²) in [5.41, 5.74) is 4.76. The lowest BCUT2D eigenvalue weighted by Gasteiger charge is -2.16.